The van der Waals surface area contributed by atoms with Crippen LogP contribution in [-0.2, 0) is 4.74 Å². The molecule has 0 aliphatic heterocycles. The number of rotatable bonds is 3. The molecule has 0 fully saturated rings. The van der Waals surface area contributed by atoms with Crippen LogP contribution in [-0.4, -0.2) is 18.3 Å². The molecule has 0 heterocycles. The highest BCUT2D eigenvalue weighted by atomic mass is 16.5. The first-order valence-corrected chi connectivity index (χ1v) is 2.16. The minimum Gasteiger partial charge on any atom is -0.483 e. The van der Waals surface area contributed by atoms with Crippen molar-refractivity contribution in [2.75, 3.05) is 13.2 Å². The smallest absolute Gasteiger partial charge is 0.148 e. The van der Waals surface area contributed by atoms with E-state index in [0.717, 1.165) is 0 Å². The summed E-state index contributed by atoms with van der Waals surface area (Å²) in [5.41, 5.74) is 0. The van der Waals surface area contributed by atoms with Crippen molar-refractivity contribution in [3.63, 3.8) is 0 Å². The number of hydrogen-bond acceptors (Lipinski definition) is 2. The summed E-state index contributed by atoms with van der Waals surface area (Å²) in [5, 5.41) is 8.27. The van der Waals surface area contributed by atoms with Gasteiger partial charge < -0.3 is 9.84 Å². The third-order valence-corrected chi connectivity index (χ3v) is 0.536. The maximum Gasteiger partial charge on any atom is 0.148 e. The largest absolute Gasteiger partial charge is 0.483 e. The molecule has 0 aliphatic carbocycles. The maximum atomic E-state index is 8.27. The number of hydrogen-bond donors (Lipinski definition) is 1. The Morgan fingerprint density at radius 1 is 1.88 bits per heavy atom. The Morgan fingerprint density at radius 3 is 2.88 bits per heavy atom. The lowest BCUT2D eigenvalue weighted by Gasteiger charge is -1.99. The lowest BCUT2D eigenvalue weighted by atomic mass is 10.6. The summed E-state index contributed by atoms with van der Waals surface area (Å²) in [6.07, 6.45) is 4.83. The second-order valence-electron chi connectivity index (χ2n) is 1.19. The first-order valence-electron chi connectivity index (χ1n) is 2.16. The zero-order chi connectivity index (χ0) is 6.41. The molecule has 44 valence electrons. The Hall–Kier alpha value is -0.940. The third-order valence-electron chi connectivity index (χ3n) is 0.536. The average molecular weight is 112 g/mol. The van der Waals surface area contributed by atoms with E-state index in [1.54, 1.807) is 0 Å². The zero-order valence-electron chi connectivity index (χ0n) is 4.55. The predicted molar refractivity (Wildman–Crippen MR) is 31.0 cm³/mol. The second kappa shape index (κ2) is 4.23. The molecule has 2 heteroatoms. The summed E-state index contributed by atoms with van der Waals surface area (Å²) in [7, 11) is 0. The van der Waals surface area contributed by atoms with E-state index in [9.17, 15) is 0 Å². The van der Waals surface area contributed by atoms with Crippen LogP contribution in [0, 0.1) is 12.3 Å². The van der Waals surface area contributed by atoms with Gasteiger partial charge in [0.1, 0.15) is 12.4 Å². The van der Waals surface area contributed by atoms with Crippen molar-refractivity contribution < 1.29 is 9.84 Å². The van der Waals surface area contributed by atoms with Crippen molar-refractivity contribution >= 4 is 0 Å². The van der Waals surface area contributed by atoms with Crippen LogP contribution in [0.25, 0.3) is 0 Å². The molecule has 0 saturated carbocycles. The lowest BCUT2D eigenvalue weighted by Crippen LogP contribution is -1.94. The fraction of sp³-hybridized carbons (Fsp3) is 0.333. The SMILES string of the molecule is C#CCOC(=C)CO. The molecule has 0 unspecified atom stereocenters. The van der Waals surface area contributed by atoms with Gasteiger partial charge in [0.15, 0.2) is 0 Å². The summed E-state index contributed by atoms with van der Waals surface area (Å²) in [6, 6.07) is 0. The van der Waals surface area contributed by atoms with Gasteiger partial charge in [-0.05, 0) is 0 Å². The molecule has 0 aromatic heterocycles. The van der Waals surface area contributed by atoms with Crippen LogP contribution >= 0.6 is 0 Å². The third kappa shape index (κ3) is 3.26. The van der Waals surface area contributed by atoms with Crippen LogP contribution in [0.1, 0.15) is 0 Å². The summed E-state index contributed by atoms with van der Waals surface area (Å²) in [6.45, 7) is 3.36. The van der Waals surface area contributed by atoms with Gasteiger partial charge in [-0.3, -0.25) is 0 Å². The fourth-order valence-corrected chi connectivity index (χ4v) is 0.189. The summed E-state index contributed by atoms with van der Waals surface area (Å²) in [4.78, 5) is 0. The van der Waals surface area contributed by atoms with Crippen molar-refractivity contribution in [3.8, 4) is 12.3 Å². The summed E-state index contributed by atoms with van der Waals surface area (Å²) in [5.74, 6) is 2.55. The molecule has 0 atom stereocenters. The molecule has 2 nitrogen and oxygen atoms in total. The molecule has 8 heavy (non-hydrogen) atoms. The van der Waals surface area contributed by atoms with Gasteiger partial charge in [0.2, 0.25) is 0 Å². The van der Waals surface area contributed by atoms with E-state index in [0.29, 0.717) is 5.76 Å². The van der Waals surface area contributed by atoms with Crippen LogP contribution in [0.2, 0.25) is 0 Å². The van der Waals surface area contributed by atoms with E-state index in [-0.39, 0.29) is 13.2 Å². The molecule has 0 amide bonds. The molecule has 0 saturated heterocycles. The van der Waals surface area contributed by atoms with Crippen molar-refractivity contribution in [3.05, 3.63) is 12.3 Å². The number of terminal acetylenes is 1. The second-order valence-corrected chi connectivity index (χ2v) is 1.19. The van der Waals surface area contributed by atoms with Gasteiger partial charge in [0.05, 0.1) is 6.61 Å². The minimum atomic E-state index is -0.165. The highest BCUT2D eigenvalue weighted by Gasteiger charge is 1.85. The Morgan fingerprint density at radius 2 is 2.50 bits per heavy atom. The topological polar surface area (TPSA) is 29.5 Å². The molecule has 0 aromatic carbocycles. The Kier molecular flexibility index (Phi) is 3.73. The van der Waals surface area contributed by atoms with Crippen molar-refractivity contribution in [2.24, 2.45) is 0 Å². The number of aliphatic hydroxyl groups is 1. The van der Waals surface area contributed by atoms with E-state index in [1.165, 1.54) is 0 Å². The fourth-order valence-electron chi connectivity index (χ4n) is 0.189. The van der Waals surface area contributed by atoms with Crippen molar-refractivity contribution in [1.82, 2.24) is 0 Å². The Labute approximate surface area is 48.8 Å². The zero-order valence-corrected chi connectivity index (χ0v) is 4.55. The predicted octanol–water partition coefficient (Wildman–Crippen LogP) is 0.142. The van der Waals surface area contributed by atoms with Gasteiger partial charge in [0, 0.05) is 0 Å². The van der Waals surface area contributed by atoms with Gasteiger partial charge in [0.25, 0.3) is 0 Å². The molecule has 0 spiro atoms. The monoisotopic (exact) mass is 112 g/mol. The van der Waals surface area contributed by atoms with E-state index in [4.69, 9.17) is 11.5 Å². The summed E-state index contributed by atoms with van der Waals surface area (Å²) >= 11 is 0. The molecule has 1 N–H and O–H groups in total. The van der Waals surface area contributed by atoms with Gasteiger partial charge in [-0.2, -0.15) is 0 Å². The van der Waals surface area contributed by atoms with Crippen molar-refractivity contribution in [1.29, 1.82) is 0 Å². The first-order chi connectivity index (χ1) is 3.81. The number of ether oxygens (including phenoxy) is 1. The minimum absolute atomic E-state index is 0.165. The standard InChI is InChI=1S/C6H8O2/c1-3-4-8-6(2)5-7/h1,7H,2,4-5H2. The highest BCUT2D eigenvalue weighted by Crippen LogP contribution is 1.87. The first kappa shape index (κ1) is 7.06. The van der Waals surface area contributed by atoms with Crippen LogP contribution in [0.3, 0.4) is 0 Å². The lowest BCUT2D eigenvalue weighted by molar-refractivity contribution is 0.188. The van der Waals surface area contributed by atoms with Crippen LogP contribution in [0.5, 0.6) is 0 Å². The van der Waals surface area contributed by atoms with Crippen LogP contribution in [0.4, 0.5) is 0 Å². The molecule has 0 aromatic rings. The highest BCUT2D eigenvalue weighted by molar-refractivity contribution is 4.88. The summed E-state index contributed by atoms with van der Waals surface area (Å²) < 4.78 is 4.66. The molecule has 0 rings (SSSR count). The van der Waals surface area contributed by atoms with E-state index in [2.05, 4.69) is 17.2 Å². The molecular formula is C6H8O2. The van der Waals surface area contributed by atoms with Gasteiger partial charge >= 0.3 is 0 Å². The van der Waals surface area contributed by atoms with Crippen LogP contribution < -0.4 is 0 Å². The van der Waals surface area contributed by atoms with Gasteiger partial charge in [-0.1, -0.05) is 12.5 Å². The number of aliphatic hydroxyl groups excluding tert-OH is 1. The van der Waals surface area contributed by atoms with E-state index in [1.807, 2.05) is 0 Å². The molecule has 0 radical (unpaired) electrons. The van der Waals surface area contributed by atoms with Gasteiger partial charge in [-0.15, -0.1) is 6.42 Å². The Bertz CT molecular complexity index is 110. The van der Waals surface area contributed by atoms with Crippen molar-refractivity contribution in [2.45, 2.75) is 0 Å². The van der Waals surface area contributed by atoms with E-state index < -0.39 is 0 Å². The van der Waals surface area contributed by atoms with E-state index >= 15 is 0 Å². The Balaban J connectivity index is 3.15. The normalized spacial score (nSPS) is 7.50. The van der Waals surface area contributed by atoms with Crippen LogP contribution in [0.15, 0.2) is 12.3 Å². The quantitative estimate of drug-likeness (QED) is 0.415. The molecule has 0 bridgehead atoms. The average Bonchev–Trinajstić information content (AvgIpc) is 1.83. The maximum absolute atomic E-state index is 8.27. The molecule has 0 aliphatic rings. The van der Waals surface area contributed by atoms with Gasteiger partial charge in [-0.25, -0.2) is 0 Å². The molecular weight excluding hydrogens is 104 g/mol.